The second kappa shape index (κ2) is 20.3. The van der Waals surface area contributed by atoms with Gasteiger partial charge in [-0.3, -0.25) is 4.79 Å². The molecule has 0 atom stereocenters. The summed E-state index contributed by atoms with van der Waals surface area (Å²) in [4.78, 5) is 12.9. The van der Waals surface area contributed by atoms with Gasteiger partial charge < -0.3 is 4.74 Å². The van der Waals surface area contributed by atoms with E-state index in [1.165, 1.54) is 96.3 Å². The van der Waals surface area contributed by atoms with Crippen LogP contribution >= 0.6 is 11.8 Å². The molecule has 3 heteroatoms. The summed E-state index contributed by atoms with van der Waals surface area (Å²) in [5, 5.41) is 0. The minimum Gasteiger partial charge on any atom is -0.465 e. The van der Waals surface area contributed by atoms with Crippen LogP contribution < -0.4 is 0 Å². The molecule has 166 valence electrons. The van der Waals surface area contributed by atoms with Crippen molar-refractivity contribution in [2.24, 2.45) is 0 Å². The van der Waals surface area contributed by atoms with E-state index in [9.17, 15) is 4.79 Å². The van der Waals surface area contributed by atoms with Crippen molar-refractivity contribution in [3.8, 4) is 0 Å². The van der Waals surface area contributed by atoms with Gasteiger partial charge >= 0.3 is 5.97 Å². The van der Waals surface area contributed by atoms with Crippen molar-refractivity contribution in [1.82, 2.24) is 0 Å². The molecule has 0 unspecified atom stereocenters. The number of thioether (sulfide) groups is 1. The Balaban J connectivity index is 1.74. The molecule has 0 heterocycles. The van der Waals surface area contributed by atoms with Gasteiger partial charge in [0.05, 0.1) is 12.4 Å². The highest BCUT2D eigenvalue weighted by atomic mass is 32.2. The molecule has 0 radical (unpaired) electrons. The standard InChI is InChI=1S/C26H44O2S/c1-2-3-4-5-6-7-8-9-10-11-12-13-14-15-16-20-23-28-26(27)24-29-25-21-18-17-19-22-25/h17-19,21-22H,2-16,20,23-24H2,1H3. The van der Waals surface area contributed by atoms with Crippen molar-refractivity contribution in [2.75, 3.05) is 12.4 Å². The average Bonchev–Trinajstić information content (AvgIpc) is 2.75. The van der Waals surface area contributed by atoms with Crippen LogP contribution in [0, 0.1) is 0 Å². The second-order valence-electron chi connectivity index (χ2n) is 8.13. The lowest BCUT2D eigenvalue weighted by Gasteiger charge is -2.05. The first-order valence-electron chi connectivity index (χ1n) is 12.2. The molecule has 0 saturated heterocycles. The van der Waals surface area contributed by atoms with E-state index in [0.29, 0.717) is 12.4 Å². The first-order chi connectivity index (χ1) is 14.3. The number of ether oxygens (including phenoxy) is 1. The summed E-state index contributed by atoms with van der Waals surface area (Å²) in [6.07, 6.45) is 21.8. The summed E-state index contributed by atoms with van der Waals surface area (Å²) >= 11 is 1.54. The Hall–Kier alpha value is -0.960. The number of unbranched alkanes of at least 4 members (excludes halogenated alkanes) is 15. The summed E-state index contributed by atoms with van der Waals surface area (Å²) in [6.45, 7) is 2.86. The van der Waals surface area contributed by atoms with Gasteiger partial charge in [0, 0.05) is 4.90 Å². The Bertz CT molecular complexity index is 475. The molecule has 0 aliphatic carbocycles. The molecule has 0 N–H and O–H groups in total. The van der Waals surface area contributed by atoms with Crippen molar-refractivity contribution < 1.29 is 9.53 Å². The van der Waals surface area contributed by atoms with Crippen LogP contribution in [0.15, 0.2) is 35.2 Å². The van der Waals surface area contributed by atoms with Crippen molar-refractivity contribution in [2.45, 2.75) is 115 Å². The summed E-state index contributed by atoms with van der Waals surface area (Å²) in [5.74, 6) is 0.308. The van der Waals surface area contributed by atoms with Crippen LogP contribution in [0.1, 0.15) is 110 Å². The minimum absolute atomic E-state index is 0.0974. The summed E-state index contributed by atoms with van der Waals surface area (Å²) in [5.41, 5.74) is 0. The third-order valence-electron chi connectivity index (χ3n) is 5.36. The van der Waals surface area contributed by atoms with E-state index < -0.39 is 0 Å². The summed E-state index contributed by atoms with van der Waals surface area (Å²) in [6, 6.07) is 10.0. The van der Waals surface area contributed by atoms with E-state index in [4.69, 9.17) is 4.74 Å². The number of benzene rings is 1. The molecule has 0 bridgehead atoms. The first kappa shape index (κ1) is 26.1. The van der Waals surface area contributed by atoms with Crippen LogP contribution in [0.2, 0.25) is 0 Å². The highest BCUT2D eigenvalue weighted by molar-refractivity contribution is 8.00. The molecule has 0 saturated carbocycles. The monoisotopic (exact) mass is 420 g/mol. The average molecular weight is 421 g/mol. The predicted molar refractivity (Wildman–Crippen MR) is 128 cm³/mol. The third kappa shape index (κ3) is 17.6. The number of carbonyl (C=O) groups excluding carboxylic acids is 1. The zero-order valence-electron chi connectivity index (χ0n) is 18.8. The molecule has 0 amide bonds. The molecule has 1 aromatic carbocycles. The van der Waals surface area contributed by atoms with Crippen LogP contribution in [0.3, 0.4) is 0 Å². The Kier molecular flexibility index (Phi) is 18.3. The molecule has 2 nitrogen and oxygen atoms in total. The number of hydrogen-bond acceptors (Lipinski definition) is 3. The quantitative estimate of drug-likeness (QED) is 0.120. The molecule has 0 aliphatic rings. The molecule has 0 spiro atoms. The zero-order chi connectivity index (χ0) is 20.8. The largest absolute Gasteiger partial charge is 0.465 e. The predicted octanol–water partition coefficient (Wildman–Crippen LogP) is 8.58. The fourth-order valence-corrected chi connectivity index (χ4v) is 4.25. The van der Waals surface area contributed by atoms with E-state index >= 15 is 0 Å². The fraction of sp³-hybridized carbons (Fsp3) is 0.731. The third-order valence-corrected chi connectivity index (χ3v) is 6.35. The van der Waals surface area contributed by atoms with Gasteiger partial charge in [-0.25, -0.2) is 0 Å². The maximum atomic E-state index is 11.7. The van der Waals surface area contributed by atoms with E-state index in [1.54, 1.807) is 11.8 Å². The van der Waals surface area contributed by atoms with E-state index in [-0.39, 0.29) is 5.97 Å². The Morgan fingerprint density at radius 2 is 1.14 bits per heavy atom. The van der Waals surface area contributed by atoms with Crippen LogP contribution in [0.25, 0.3) is 0 Å². The molecule has 1 aromatic rings. The van der Waals surface area contributed by atoms with E-state index in [1.807, 2.05) is 30.3 Å². The molecule has 29 heavy (non-hydrogen) atoms. The van der Waals surface area contributed by atoms with Gasteiger partial charge in [-0.2, -0.15) is 0 Å². The van der Waals surface area contributed by atoms with Crippen molar-refractivity contribution in [3.63, 3.8) is 0 Å². The van der Waals surface area contributed by atoms with Gasteiger partial charge in [0.25, 0.3) is 0 Å². The first-order valence-corrected chi connectivity index (χ1v) is 13.1. The van der Waals surface area contributed by atoms with Crippen molar-refractivity contribution in [1.29, 1.82) is 0 Å². The Labute approximate surface area is 184 Å². The van der Waals surface area contributed by atoms with Crippen molar-refractivity contribution >= 4 is 17.7 Å². The van der Waals surface area contributed by atoms with Gasteiger partial charge in [0.1, 0.15) is 0 Å². The zero-order valence-corrected chi connectivity index (χ0v) is 19.7. The van der Waals surface area contributed by atoms with Gasteiger partial charge in [0.15, 0.2) is 0 Å². The fourth-order valence-electron chi connectivity index (χ4n) is 3.54. The lowest BCUT2D eigenvalue weighted by Crippen LogP contribution is -2.08. The van der Waals surface area contributed by atoms with Gasteiger partial charge in [-0.15, -0.1) is 11.8 Å². The lowest BCUT2D eigenvalue weighted by atomic mass is 10.0. The number of rotatable bonds is 20. The molecule has 1 rings (SSSR count). The van der Waals surface area contributed by atoms with E-state index in [0.717, 1.165) is 11.3 Å². The summed E-state index contributed by atoms with van der Waals surface area (Å²) in [7, 11) is 0. The SMILES string of the molecule is CCCCCCCCCCCCCCCCCCOC(=O)CSc1ccccc1. The highest BCUT2D eigenvalue weighted by Gasteiger charge is 2.03. The number of carbonyl (C=O) groups is 1. The van der Waals surface area contributed by atoms with Crippen LogP contribution in [0.5, 0.6) is 0 Å². The minimum atomic E-state index is -0.0974. The van der Waals surface area contributed by atoms with Crippen LogP contribution in [-0.2, 0) is 9.53 Å². The van der Waals surface area contributed by atoms with Gasteiger partial charge in [-0.05, 0) is 18.6 Å². The second-order valence-corrected chi connectivity index (χ2v) is 9.17. The maximum absolute atomic E-state index is 11.7. The molecular formula is C26H44O2S. The van der Waals surface area contributed by atoms with Crippen molar-refractivity contribution in [3.05, 3.63) is 30.3 Å². The molecule has 0 aromatic heterocycles. The Morgan fingerprint density at radius 3 is 1.62 bits per heavy atom. The number of hydrogen-bond donors (Lipinski definition) is 0. The number of esters is 1. The maximum Gasteiger partial charge on any atom is 0.316 e. The van der Waals surface area contributed by atoms with Crippen LogP contribution in [0.4, 0.5) is 0 Å². The van der Waals surface area contributed by atoms with E-state index in [2.05, 4.69) is 6.92 Å². The van der Waals surface area contributed by atoms with Crippen LogP contribution in [-0.4, -0.2) is 18.3 Å². The summed E-state index contributed by atoms with van der Waals surface area (Å²) < 4.78 is 5.32. The topological polar surface area (TPSA) is 26.3 Å². The smallest absolute Gasteiger partial charge is 0.316 e. The Morgan fingerprint density at radius 1 is 0.690 bits per heavy atom. The lowest BCUT2D eigenvalue weighted by molar-refractivity contribution is -0.140. The molecule has 0 aliphatic heterocycles. The molecule has 0 fully saturated rings. The highest BCUT2D eigenvalue weighted by Crippen LogP contribution is 2.17. The normalized spacial score (nSPS) is 10.9. The van der Waals surface area contributed by atoms with Gasteiger partial charge in [0.2, 0.25) is 0 Å². The van der Waals surface area contributed by atoms with Gasteiger partial charge in [-0.1, -0.05) is 121 Å². The molecular weight excluding hydrogens is 376 g/mol.